The van der Waals surface area contributed by atoms with E-state index >= 15 is 0 Å². The minimum Gasteiger partial charge on any atom is -0.463 e. The fourth-order valence-electron chi connectivity index (χ4n) is 4.22. The van der Waals surface area contributed by atoms with Crippen LogP contribution in [0.25, 0.3) is 11.1 Å². The Morgan fingerprint density at radius 3 is 2.90 bits per heavy atom. The lowest BCUT2D eigenvalue weighted by Gasteiger charge is -2.33. The Bertz CT molecular complexity index is 1030. The molecule has 5 nitrogen and oxygen atoms in total. The minimum absolute atomic E-state index is 0.114. The molecule has 1 atom stereocenters. The first-order chi connectivity index (χ1) is 14.5. The van der Waals surface area contributed by atoms with Gasteiger partial charge in [0, 0.05) is 42.9 Å². The van der Waals surface area contributed by atoms with Gasteiger partial charge < -0.3 is 19.2 Å². The van der Waals surface area contributed by atoms with Crippen molar-refractivity contribution in [2.24, 2.45) is 0 Å². The normalized spacial score (nSPS) is 17.5. The molecule has 1 aromatic carbocycles. The third-order valence-corrected chi connectivity index (χ3v) is 5.95. The van der Waals surface area contributed by atoms with Gasteiger partial charge in [-0.05, 0) is 38.8 Å². The number of aromatic nitrogens is 1. The van der Waals surface area contributed by atoms with Crippen molar-refractivity contribution >= 4 is 17.0 Å². The van der Waals surface area contributed by atoms with Crippen LogP contribution in [0.3, 0.4) is 0 Å². The summed E-state index contributed by atoms with van der Waals surface area (Å²) in [6.07, 6.45) is 6.17. The summed E-state index contributed by atoms with van der Waals surface area (Å²) in [5.74, 6) is -1.49. The summed E-state index contributed by atoms with van der Waals surface area (Å²) in [5, 5.41) is 2.97. The van der Waals surface area contributed by atoms with Gasteiger partial charge in [0.25, 0.3) is 5.91 Å². The topological polar surface area (TPSA) is 50.4 Å². The number of nitrogens with zero attached hydrogens (tertiary/aromatic N) is 2. The van der Waals surface area contributed by atoms with Gasteiger partial charge in [0.15, 0.2) is 5.58 Å². The highest BCUT2D eigenvalue weighted by molar-refractivity contribution is 5.97. The summed E-state index contributed by atoms with van der Waals surface area (Å²) in [5.41, 5.74) is 1.97. The zero-order valence-electron chi connectivity index (χ0n) is 17.2. The highest BCUT2D eigenvalue weighted by Crippen LogP contribution is 2.23. The summed E-state index contributed by atoms with van der Waals surface area (Å²) in [4.78, 5) is 15.3. The van der Waals surface area contributed by atoms with Crippen LogP contribution < -0.4 is 5.32 Å². The maximum atomic E-state index is 14.2. The van der Waals surface area contributed by atoms with Gasteiger partial charge in [-0.3, -0.25) is 4.79 Å². The molecule has 0 saturated carbocycles. The molecule has 0 radical (unpaired) electrons. The number of piperidine rings is 1. The number of nitrogens with one attached hydrogen (secondary N) is 1. The van der Waals surface area contributed by atoms with Crippen LogP contribution in [-0.4, -0.2) is 41.1 Å². The van der Waals surface area contributed by atoms with Gasteiger partial charge in [-0.2, -0.15) is 0 Å². The van der Waals surface area contributed by atoms with E-state index in [2.05, 4.69) is 17.1 Å². The molecule has 7 heteroatoms. The molecule has 30 heavy (non-hydrogen) atoms. The monoisotopic (exact) mass is 415 g/mol. The van der Waals surface area contributed by atoms with Gasteiger partial charge in [-0.1, -0.05) is 12.5 Å². The Hall–Kier alpha value is -2.67. The van der Waals surface area contributed by atoms with Crippen molar-refractivity contribution in [3.05, 3.63) is 59.5 Å². The van der Waals surface area contributed by atoms with Crippen LogP contribution in [0, 0.1) is 11.6 Å². The molecule has 1 saturated heterocycles. The lowest BCUT2D eigenvalue weighted by atomic mass is 10.0. The molecule has 1 N–H and O–H groups in total. The molecular weight excluding hydrogens is 388 g/mol. The van der Waals surface area contributed by atoms with Crippen LogP contribution in [0.1, 0.15) is 48.7 Å². The largest absolute Gasteiger partial charge is 0.463 e. The van der Waals surface area contributed by atoms with Crippen LogP contribution in [0.15, 0.2) is 41.0 Å². The molecule has 0 spiro atoms. The molecule has 160 valence electrons. The Labute approximate surface area is 174 Å². The number of hydrogen-bond acceptors (Lipinski definition) is 3. The number of rotatable bonds is 7. The average Bonchev–Trinajstić information content (AvgIpc) is 3.31. The fourth-order valence-corrected chi connectivity index (χ4v) is 4.22. The Morgan fingerprint density at radius 1 is 1.23 bits per heavy atom. The van der Waals surface area contributed by atoms with Crippen molar-refractivity contribution < 1.29 is 18.0 Å². The van der Waals surface area contributed by atoms with Crippen molar-refractivity contribution in [3.8, 4) is 0 Å². The van der Waals surface area contributed by atoms with E-state index in [9.17, 15) is 13.6 Å². The van der Waals surface area contributed by atoms with Crippen molar-refractivity contribution in [2.75, 3.05) is 19.6 Å². The highest BCUT2D eigenvalue weighted by Gasteiger charge is 2.20. The minimum atomic E-state index is -0.637. The third-order valence-electron chi connectivity index (χ3n) is 5.95. The first-order valence-corrected chi connectivity index (χ1v) is 10.6. The van der Waals surface area contributed by atoms with Gasteiger partial charge in [0.2, 0.25) is 0 Å². The zero-order chi connectivity index (χ0) is 21.1. The van der Waals surface area contributed by atoms with E-state index in [1.165, 1.54) is 37.7 Å². The van der Waals surface area contributed by atoms with Crippen molar-refractivity contribution in [3.63, 3.8) is 0 Å². The Balaban J connectivity index is 1.43. The van der Waals surface area contributed by atoms with Crippen molar-refractivity contribution in [1.29, 1.82) is 0 Å². The molecule has 2 aromatic heterocycles. The molecule has 0 aliphatic carbocycles. The maximum absolute atomic E-state index is 14.2. The smallest absolute Gasteiger partial charge is 0.268 e. The number of furan rings is 1. The second-order valence-corrected chi connectivity index (χ2v) is 8.01. The molecule has 0 bridgehead atoms. The predicted molar refractivity (Wildman–Crippen MR) is 112 cm³/mol. The van der Waals surface area contributed by atoms with Crippen molar-refractivity contribution in [1.82, 2.24) is 14.8 Å². The van der Waals surface area contributed by atoms with Crippen LogP contribution in [0.4, 0.5) is 8.78 Å². The number of amides is 1. The molecule has 1 aliphatic rings. The summed E-state index contributed by atoms with van der Waals surface area (Å²) in [6.45, 7) is 5.03. The zero-order valence-corrected chi connectivity index (χ0v) is 17.2. The van der Waals surface area contributed by atoms with Crippen LogP contribution in [-0.2, 0) is 6.54 Å². The lowest BCUT2D eigenvalue weighted by Crippen LogP contribution is -2.39. The van der Waals surface area contributed by atoms with E-state index < -0.39 is 11.6 Å². The van der Waals surface area contributed by atoms with E-state index in [-0.39, 0.29) is 12.5 Å². The molecule has 1 amide bonds. The van der Waals surface area contributed by atoms with E-state index in [4.69, 9.17) is 4.42 Å². The lowest BCUT2D eigenvalue weighted by molar-refractivity contribution is 0.0940. The van der Waals surface area contributed by atoms with Crippen LogP contribution in [0.5, 0.6) is 0 Å². The number of likely N-dealkylation sites (tertiary alicyclic amines) is 1. The van der Waals surface area contributed by atoms with E-state index in [0.717, 1.165) is 25.6 Å². The predicted octanol–water partition coefficient (Wildman–Crippen LogP) is 4.56. The van der Waals surface area contributed by atoms with E-state index in [1.807, 2.05) is 0 Å². The molecule has 1 unspecified atom stereocenters. The van der Waals surface area contributed by atoms with Crippen LogP contribution >= 0.6 is 0 Å². The number of benzene rings is 1. The summed E-state index contributed by atoms with van der Waals surface area (Å²) in [6, 6.07) is 7.48. The van der Waals surface area contributed by atoms with Gasteiger partial charge in [0.05, 0.1) is 18.3 Å². The van der Waals surface area contributed by atoms with Gasteiger partial charge in [-0.25, -0.2) is 8.78 Å². The maximum Gasteiger partial charge on any atom is 0.268 e. The summed E-state index contributed by atoms with van der Waals surface area (Å²) in [7, 11) is 0. The number of carbonyl (C=O) groups excluding carboxylic acids is 1. The Kier molecular flexibility index (Phi) is 6.18. The average molecular weight is 415 g/mol. The molecule has 3 aromatic rings. The van der Waals surface area contributed by atoms with E-state index in [0.29, 0.717) is 34.9 Å². The highest BCUT2D eigenvalue weighted by atomic mass is 19.1. The SMILES string of the molecule is CC1CCCCN1CCCNC(=O)c1cc2occc2n1Cc1ccc(F)cc1F. The number of halogens is 2. The first-order valence-electron chi connectivity index (χ1n) is 10.6. The standard InChI is InChI=1S/C23H27F2N3O2/c1-16-5-2-3-10-27(16)11-4-9-26-23(29)21-14-22-20(8-12-30-22)28(21)15-17-6-7-18(24)13-19(17)25/h6-8,12-14,16H,2-5,9-11,15H2,1H3,(H,26,29). The quantitative estimate of drug-likeness (QED) is 0.576. The fraction of sp³-hybridized carbons (Fsp3) is 0.435. The number of hydrogen-bond donors (Lipinski definition) is 1. The summed E-state index contributed by atoms with van der Waals surface area (Å²) >= 11 is 0. The second-order valence-electron chi connectivity index (χ2n) is 8.01. The molecule has 4 rings (SSSR count). The summed E-state index contributed by atoms with van der Waals surface area (Å²) < 4.78 is 34.6. The van der Waals surface area contributed by atoms with Gasteiger partial charge in [-0.15, -0.1) is 0 Å². The number of fused-ring (bicyclic) bond motifs is 1. The van der Waals surface area contributed by atoms with Gasteiger partial charge in [0.1, 0.15) is 17.3 Å². The molecule has 3 heterocycles. The second kappa shape index (κ2) is 9.00. The van der Waals surface area contributed by atoms with E-state index in [1.54, 1.807) is 16.7 Å². The third kappa shape index (κ3) is 4.41. The van der Waals surface area contributed by atoms with Gasteiger partial charge >= 0.3 is 0 Å². The Morgan fingerprint density at radius 2 is 2.10 bits per heavy atom. The van der Waals surface area contributed by atoms with Crippen LogP contribution in [0.2, 0.25) is 0 Å². The van der Waals surface area contributed by atoms with Crippen molar-refractivity contribution in [2.45, 2.75) is 45.2 Å². The molecule has 1 aliphatic heterocycles. The number of carbonyl (C=O) groups is 1. The molecule has 1 fully saturated rings. The molecular formula is C23H27F2N3O2. The first kappa shape index (κ1) is 20.6.